The SMILES string of the molecule is CC(C)NC(=O)[C@@H](Cc1ccccc1)N(Cc1cccc(Cl)c1)C(=O)Cc1ccc(Cl)cc1. The Labute approximate surface area is 205 Å². The number of nitrogens with one attached hydrogen (secondary N) is 1. The first-order valence-electron chi connectivity index (χ1n) is 10.9. The number of carbonyl (C=O) groups excluding carboxylic acids is 2. The number of amides is 2. The lowest BCUT2D eigenvalue weighted by Gasteiger charge is -2.32. The Bertz CT molecular complexity index is 1070. The molecule has 6 heteroatoms. The number of hydrogen-bond donors (Lipinski definition) is 1. The average molecular weight is 483 g/mol. The van der Waals surface area contributed by atoms with Gasteiger partial charge in [0.05, 0.1) is 6.42 Å². The van der Waals surface area contributed by atoms with E-state index in [0.29, 0.717) is 16.5 Å². The molecule has 0 fully saturated rings. The minimum atomic E-state index is -0.673. The number of rotatable bonds is 9. The van der Waals surface area contributed by atoms with Gasteiger partial charge in [0.25, 0.3) is 0 Å². The number of halogens is 2. The van der Waals surface area contributed by atoms with Crippen LogP contribution in [0, 0.1) is 0 Å². The standard InChI is InChI=1S/C27H28Cl2N2O2/c1-19(2)30-27(33)25(16-20-7-4-3-5-8-20)31(18-22-9-6-10-24(29)15-22)26(32)17-21-11-13-23(28)14-12-21/h3-15,19,25H,16-18H2,1-2H3,(H,30,33)/t25-/m1/s1. The molecule has 172 valence electrons. The molecule has 3 aromatic carbocycles. The fourth-order valence-electron chi connectivity index (χ4n) is 3.65. The molecule has 0 heterocycles. The van der Waals surface area contributed by atoms with Crippen molar-refractivity contribution in [2.45, 2.75) is 45.3 Å². The topological polar surface area (TPSA) is 49.4 Å². The molecule has 1 N–H and O–H groups in total. The molecule has 3 aromatic rings. The molecular formula is C27H28Cl2N2O2. The molecule has 33 heavy (non-hydrogen) atoms. The van der Waals surface area contributed by atoms with Crippen molar-refractivity contribution in [2.24, 2.45) is 0 Å². The Hall–Kier alpha value is -2.82. The maximum Gasteiger partial charge on any atom is 0.243 e. The van der Waals surface area contributed by atoms with Crippen LogP contribution in [0.15, 0.2) is 78.9 Å². The zero-order valence-electron chi connectivity index (χ0n) is 18.8. The van der Waals surface area contributed by atoms with Gasteiger partial charge in [0.1, 0.15) is 6.04 Å². The van der Waals surface area contributed by atoms with Crippen molar-refractivity contribution < 1.29 is 9.59 Å². The van der Waals surface area contributed by atoms with Crippen LogP contribution in [0.2, 0.25) is 10.0 Å². The molecule has 0 spiro atoms. The number of hydrogen-bond acceptors (Lipinski definition) is 2. The Morgan fingerprint density at radius 1 is 0.818 bits per heavy atom. The minimum Gasteiger partial charge on any atom is -0.352 e. The largest absolute Gasteiger partial charge is 0.352 e. The van der Waals surface area contributed by atoms with Crippen molar-refractivity contribution in [2.75, 3.05) is 0 Å². The van der Waals surface area contributed by atoms with Crippen molar-refractivity contribution in [3.05, 3.63) is 106 Å². The van der Waals surface area contributed by atoms with Crippen molar-refractivity contribution in [3.8, 4) is 0 Å². The van der Waals surface area contributed by atoms with E-state index in [1.165, 1.54) is 0 Å². The van der Waals surface area contributed by atoms with E-state index in [1.54, 1.807) is 23.1 Å². The van der Waals surface area contributed by atoms with E-state index in [9.17, 15) is 9.59 Å². The van der Waals surface area contributed by atoms with Crippen LogP contribution < -0.4 is 5.32 Å². The molecule has 0 aliphatic heterocycles. The first kappa shape index (κ1) is 24.8. The molecule has 0 radical (unpaired) electrons. The molecule has 0 aliphatic rings. The molecule has 0 aliphatic carbocycles. The summed E-state index contributed by atoms with van der Waals surface area (Å²) in [7, 11) is 0. The number of benzene rings is 3. The van der Waals surface area contributed by atoms with Gasteiger partial charge in [-0.25, -0.2) is 0 Å². The van der Waals surface area contributed by atoms with Gasteiger partial charge >= 0.3 is 0 Å². The van der Waals surface area contributed by atoms with Crippen LogP contribution in [0.3, 0.4) is 0 Å². The number of carbonyl (C=O) groups is 2. The predicted molar refractivity (Wildman–Crippen MR) is 134 cm³/mol. The third kappa shape index (κ3) is 7.62. The minimum absolute atomic E-state index is 0.0461. The fourth-order valence-corrected chi connectivity index (χ4v) is 3.98. The summed E-state index contributed by atoms with van der Waals surface area (Å²) in [4.78, 5) is 28.6. The second kappa shape index (κ2) is 11.9. The Morgan fingerprint density at radius 3 is 2.12 bits per heavy atom. The number of nitrogens with zero attached hydrogens (tertiary/aromatic N) is 1. The van der Waals surface area contributed by atoms with Crippen LogP contribution >= 0.6 is 23.2 Å². The third-order valence-electron chi connectivity index (χ3n) is 5.21. The summed E-state index contributed by atoms with van der Waals surface area (Å²) in [5, 5.41) is 4.19. The lowest BCUT2D eigenvalue weighted by molar-refractivity contribution is -0.141. The molecule has 0 aromatic heterocycles. The van der Waals surface area contributed by atoms with E-state index in [0.717, 1.165) is 16.7 Å². The van der Waals surface area contributed by atoms with Crippen LogP contribution in [-0.4, -0.2) is 28.8 Å². The summed E-state index contributed by atoms with van der Waals surface area (Å²) in [5.74, 6) is -0.322. The van der Waals surface area contributed by atoms with E-state index in [4.69, 9.17) is 23.2 Å². The Kier molecular flexibility index (Phi) is 8.93. The molecule has 0 saturated carbocycles. The van der Waals surface area contributed by atoms with Gasteiger partial charge in [0, 0.05) is 29.1 Å². The average Bonchev–Trinajstić information content (AvgIpc) is 2.78. The zero-order chi connectivity index (χ0) is 23.8. The highest BCUT2D eigenvalue weighted by atomic mass is 35.5. The van der Waals surface area contributed by atoms with Crippen molar-refractivity contribution in [1.29, 1.82) is 0 Å². The molecule has 1 atom stereocenters. The van der Waals surface area contributed by atoms with Crippen molar-refractivity contribution in [3.63, 3.8) is 0 Å². The molecule has 0 saturated heterocycles. The highest BCUT2D eigenvalue weighted by molar-refractivity contribution is 6.30. The lowest BCUT2D eigenvalue weighted by Crippen LogP contribution is -2.52. The van der Waals surface area contributed by atoms with Crippen LogP contribution in [-0.2, 0) is 29.0 Å². The maximum atomic E-state index is 13.6. The smallest absolute Gasteiger partial charge is 0.243 e. The summed E-state index contributed by atoms with van der Waals surface area (Å²) in [5.41, 5.74) is 2.68. The molecular weight excluding hydrogens is 455 g/mol. The van der Waals surface area contributed by atoms with Crippen LogP contribution in [0.1, 0.15) is 30.5 Å². The molecule has 2 amide bonds. The van der Waals surface area contributed by atoms with Crippen molar-refractivity contribution in [1.82, 2.24) is 10.2 Å². The quantitative estimate of drug-likeness (QED) is 0.425. The first-order valence-corrected chi connectivity index (χ1v) is 11.7. The monoisotopic (exact) mass is 482 g/mol. The first-order chi connectivity index (χ1) is 15.8. The second-order valence-corrected chi connectivity index (χ2v) is 9.20. The highest BCUT2D eigenvalue weighted by Gasteiger charge is 2.30. The third-order valence-corrected chi connectivity index (χ3v) is 5.70. The summed E-state index contributed by atoms with van der Waals surface area (Å²) in [6, 6.07) is 23.6. The Morgan fingerprint density at radius 2 is 1.48 bits per heavy atom. The highest BCUT2D eigenvalue weighted by Crippen LogP contribution is 2.19. The van der Waals surface area contributed by atoms with Crippen molar-refractivity contribution >= 4 is 35.0 Å². The zero-order valence-corrected chi connectivity index (χ0v) is 20.3. The fraction of sp³-hybridized carbons (Fsp3) is 0.259. The van der Waals surface area contributed by atoms with Gasteiger partial charge in [0.15, 0.2) is 0 Å². The van der Waals surface area contributed by atoms with Crippen LogP contribution in [0.25, 0.3) is 0 Å². The van der Waals surface area contributed by atoms with Gasteiger partial charge in [-0.15, -0.1) is 0 Å². The summed E-state index contributed by atoms with van der Waals surface area (Å²) in [6.07, 6.45) is 0.574. The summed E-state index contributed by atoms with van der Waals surface area (Å²) < 4.78 is 0. The molecule has 0 bridgehead atoms. The van der Waals surface area contributed by atoms with E-state index in [-0.39, 0.29) is 30.8 Å². The van der Waals surface area contributed by atoms with Gasteiger partial charge in [-0.3, -0.25) is 9.59 Å². The van der Waals surface area contributed by atoms with E-state index in [1.807, 2.05) is 74.5 Å². The van der Waals surface area contributed by atoms with E-state index in [2.05, 4.69) is 5.32 Å². The summed E-state index contributed by atoms with van der Waals surface area (Å²) >= 11 is 12.2. The molecule has 4 nitrogen and oxygen atoms in total. The maximum absolute atomic E-state index is 13.6. The van der Waals surface area contributed by atoms with Gasteiger partial charge < -0.3 is 10.2 Å². The summed E-state index contributed by atoms with van der Waals surface area (Å²) in [6.45, 7) is 4.10. The van der Waals surface area contributed by atoms with Gasteiger partial charge in [0.2, 0.25) is 11.8 Å². The van der Waals surface area contributed by atoms with Crippen LogP contribution in [0.5, 0.6) is 0 Å². The molecule has 0 unspecified atom stereocenters. The van der Waals surface area contributed by atoms with Gasteiger partial charge in [-0.05, 0) is 54.8 Å². The lowest BCUT2D eigenvalue weighted by atomic mass is 10.0. The van der Waals surface area contributed by atoms with E-state index < -0.39 is 6.04 Å². The molecule has 3 rings (SSSR count). The van der Waals surface area contributed by atoms with Crippen LogP contribution in [0.4, 0.5) is 0 Å². The van der Waals surface area contributed by atoms with Gasteiger partial charge in [-0.2, -0.15) is 0 Å². The predicted octanol–water partition coefficient (Wildman–Crippen LogP) is 5.70. The second-order valence-electron chi connectivity index (χ2n) is 8.32. The van der Waals surface area contributed by atoms with Gasteiger partial charge in [-0.1, -0.05) is 77.8 Å². The van der Waals surface area contributed by atoms with E-state index >= 15 is 0 Å². The normalized spacial score (nSPS) is 11.8. The Balaban J connectivity index is 1.96.